The van der Waals surface area contributed by atoms with E-state index in [2.05, 4.69) is 47.7 Å². The fourth-order valence-electron chi connectivity index (χ4n) is 2.52. The summed E-state index contributed by atoms with van der Waals surface area (Å²) in [6.45, 7) is 1.77. The van der Waals surface area contributed by atoms with Crippen molar-refractivity contribution in [2.75, 3.05) is 5.32 Å². The van der Waals surface area contributed by atoms with Crippen molar-refractivity contribution in [2.24, 2.45) is 5.10 Å². The first kappa shape index (κ1) is 19.4. The molecule has 0 heterocycles. The molecular formula is C20H17Br2N3O2. The second kappa shape index (κ2) is 8.54. The number of phenolic OH excluding ortho intramolecular Hbond substituents is 1. The number of fused-ring (bicyclic) bond motifs is 1. The van der Waals surface area contributed by atoms with Crippen molar-refractivity contribution in [3.8, 4) is 5.75 Å². The number of hydrazone groups is 1. The lowest BCUT2D eigenvalue weighted by Crippen LogP contribution is -2.34. The number of anilines is 1. The molecule has 138 valence electrons. The topological polar surface area (TPSA) is 73.7 Å². The minimum absolute atomic E-state index is 0.115. The van der Waals surface area contributed by atoms with Crippen molar-refractivity contribution >= 4 is 60.4 Å². The molecule has 5 nitrogen and oxygen atoms in total. The Hall–Kier alpha value is -2.38. The molecule has 3 N–H and O–H groups in total. The molecule has 0 bridgehead atoms. The van der Waals surface area contributed by atoms with Gasteiger partial charge in [-0.15, -0.1) is 0 Å². The molecule has 0 aliphatic carbocycles. The summed E-state index contributed by atoms with van der Waals surface area (Å²) in [5.41, 5.74) is 4.11. The minimum atomic E-state index is -0.457. The number of amides is 1. The van der Waals surface area contributed by atoms with E-state index in [-0.39, 0.29) is 11.7 Å². The van der Waals surface area contributed by atoms with Crippen molar-refractivity contribution in [3.05, 3.63) is 69.1 Å². The average Bonchev–Trinajstić information content (AvgIpc) is 2.65. The largest absolute Gasteiger partial charge is 0.506 e. The highest BCUT2D eigenvalue weighted by molar-refractivity contribution is 9.11. The van der Waals surface area contributed by atoms with Crippen LogP contribution in [0.2, 0.25) is 0 Å². The number of carbonyl (C=O) groups is 1. The predicted molar refractivity (Wildman–Crippen MR) is 116 cm³/mol. The maximum Gasteiger partial charge on any atom is 0.262 e. The normalized spacial score (nSPS) is 12.3. The van der Waals surface area contributed by atoms with Crippen LogP contribution in [0.25, 0.3) is 10.8 Å². The lowest BCUT2D eigenvalue weighted by Gasteiger charge is -2.14. The SMILES string of the molecule is C[C@@H](Nc1ccc2ccccc2c1)C(=O)N/N=C\c1cc(Br)c(O)c(Br)c1. The Bertz CT molecular complexity index is 998. The van der Waals surface area contributed by atoms with Crippen molar-refractivity contribution in [1.29, 1.82) is 0 Å². The molecule has 0 fully saturated rings. The van der Waals surface area contributed by atoms with Gasteiger partial charge in [-0.25, -0.2) is 5.43 Å². The Labute approximate surface area is 173 Å². The van der Waals surface area contributed by atoms with E-state index < -0.39 is 6.04 Å². The first-order valence-electron chi connectivity index (χ1n) is 8.20. The highest BCUT2D eigenvalue weighted by Gasteiger charge is 2.12. The minimum Gasteiger partial charge on any atom is -0.506 e. The van der Waals surface area contributed by atoms with E-state index >= 15 is 0 Å². The number of halogens is 2. The van der Waals surface area contributed by atoms with E-state index in [0.29, 0.717) is 8.95 Å². The van der Waals surface area contributed by atoms with Crippen molar-refractivity contribution in [1.82, 2.24) is 5.43 Å². The highest BCUT2D eigenvalue weighted by atomic mass is 79.9. The molecule has 3 aromatic carbocycles. The Balaban J connectivity index is 1.61. The molecule has 3 rings (SSSR count). The van der Waals surface area contributed by atoms with E-state index in [9.17, 15) is 9.90 Å². The Morgan fingerprint density at radius 2 is 1.74 bits per heavy atom. The van der Waals surface area contributed by atoms with Crippen molar-refractivity contribution in [2.45, 2.75) is 13.0 Å². The van der Waals surface area contributed by atoms with Crippen LogP contribution in [0.5, 0.6) is 5.75 Å². The zero-order chi connectivity index (χ0) is 19.4. The molecule has 0 aromatic heterocycles. The Kier molecular flexibility index (Phi) is 6.13. The van der Waals surface area contributed by atoms with Crippen molar-refractivity contribution in [3.63, 3.8) is 0 Å². The molecular weight excluding hydrogens is 474 g/mol. The van der Waals surface area contributed by atoms with Gasteiger partial charge in [0.15, 0.2) is 0 Å². The van der Waals surface area contributed by atoms with E-state index in [0.717, 1.165) is 22.0 Å². The third kappa shape index (κ3) is 4.87. The predicted octanol–water partition coefficient (Wildman–Crippen LogP) is 5.02. The van der Waals surface area contributed by atoms with Crippen LogP contribution in [0.4, 0.5) is 5.69 Å². The molecule has 0 spiro atoms. The third-order valence-electron chi connectivity index (χ3n) is 3.95. The van der Waals surface area contributed by atoms with Gasteiger partial charge in [0.05, 0.1) is 15.2 Å². The number of phenols is 1. The summed E-state index contributed by atoms with van der Waals surface area (Å²) in [7, 11) is 0. The molecule has 0 saturated heterocycles. The fraction of sp³-hybridized carbons (Fsp3) is 0.100. The Morgan fingerprint density at radius 1 is 1.07 bits per heavy atom. The first-order valence-corrected chi connectivity index (χ1v) is 9.79. The number of hydrogen-bond donors (Lipinski definition) is 3. The molecule has 0 saturated carbocycles. The quantitative estimate of drug-likeness (QED) is 0.347. The number of aromatic hydroxyl groups is 1. The van der Waals surface area contributed by atoms with Gasteiger partial charge in [-0.3, -0.25) is 4.79 Å². The zero-order valence-corrected chi connectivity index (χ0v) is 17.6. The molecule has 0 unspecified atom stereocenters. The van der Waals surface area contributed by atoms with Gasteiger partial charge in [-0.05, 0) is 79.4 Å². The lowest BCUT2D eigenvalue weighted by atomic mass is 10.1. The number of nitrogens with zero attached hydrogens (tertiary/aromatic N) is 1. The van der Waals surface area contributed by atoms with Crippen LogP contribution in [0.3, 0.4) is 0 Å². The number of benzene rings is 3. The van der Waals surface area contributed by atoms with E-state index in [1.807, 2.05) is 42.5 Å². The molecule has 27 heavy (non-hydrogen) atoms. The number of carbonyl (C=O) groups excluding carboxylic acids is 1. The van der Waals surface area contributed by atoms with Gasteiger partial charge in [0.25, 0.3) is 5.91 Å². The van der Waals surface area contributed by atoms with Crippen LogP contribution in [-0.4, -0.2) is 23.3 Å². The standard InChI is InChI=1S/C20H17Br2N3O2/c1-12(24-16-7-6-14-4-2-3-5-15(14)10-16)20(27)25-23-11-13-8-17(21)19(26)18(22)9-13/h2-12,24,26H,1H3,(H,25,27)/b23-11-/t12-/m1/s1. The number of nitrogens with one attached hydrogen (secondary N) is 2. The maximum atomic E-state index is 12.2. The average molecular weight is 491 g/mol. The molecule has 1 amide bonds. The van der Waals surface area contributed by atoms with Gasteiger partial charge in [0, 0.05) is 5.69 Å². The Morgan fingerprint density at radius 3 is 2.44 bits per heavy atom. The summed E-state index contributed by atoms with van der Waals surface area (Å²) < 4.78 is 1.08. The van der Waals surface area contributed by atoms with Crippen molar-refractivity contribution < 1.29 is 9.90 Å². The summed E-state index contributed by atoms with van der Waals surface area (Å²) in [6.07, 6.45) is 1.51. The van der Waals surface area contributed by atoms with Crippen LogP contribution in [0.15, 0.2) is 68.6 Å². The fourth-order valence-corrected chi connectivity index (χ4v) is 3.74. The summed E-state index contributed by atoms with van der Waals surface area (Å²) in [5, 5.41) is 19.1. The van der Waals surface area contributed by atoms with Crippen LogP contribution in [-0.2, 0) is 4.79 Å². The van der Waals surface area contributed by atoms with Crippen LogP contribution >= 0.6 is 31.9 Å². The molecule has 0 radical (unpaired) electrons. The summed E-state index contributed by atoms with van der Waals surface area (Å²) in [4.78, 5) is 12.2. The first-order chi connectivity index (χ1) is 12.9. The molecule has 0 aliphatic heterocycles. The summed E-state index contributed by atoms with van der Waals surface area (Å²) in [6, 6.07) is 17.0. The van der Waals surface area contributed by atoms with E-state index in [1.54, 1.807) is 19.1 Å². The zero-order valence-electron chi connectivity index (χ0n) is 14.4. The van der Waals surface area contributed by atoms with Gasteiger partial charge in [-0.1, -0.05) is 30.3 Å². The monoisotopic (exact) mass is 489 g/mol. The van der Waals surface area contributed by atoms with Gasteiger partial charge in [-0.2, -0.15) is 5.10 Å². The lowest BCUT2D eigenvalue weighted by molar-refractivity contribution is -0.121. The van der Waals surface area contributed by atoms with Gasteiger partial charge in [0.1, 0.15) is 11.8 Å². The molecule has 7 heteroatoms. The highest BCUT2D eigenvalue weighted by Crippen LogP contribution is 2.32. The van der Waals surface area contributed by atoms with Crippen LogP contribution in [0.1, 0.15) is 12.5 Å². The molecule has 0 aliphatic rings. The van der Waals surface area contributed by atoms with Crippen LogP contribution in [0, 0.1) is 0 Å². The second-order valence-electron chi connectivity index (χ2n) is 6.00. The van der Waals surface area contributed by atoms with E-state index in [4.69, 9.17) is 0 Å². The third-order valence-corrected chi connectivity index (χ3v) is 5.16. The maximum absolute atomic E-state index is 12.2. The molecule has 3 aromatic rings. The van der Waals surface area contributed by atoms with Gasteiger partial charge in [0.2, 0.25) is 0 Å². The van der Waals surface area contributed by atoms with Crippen LogP contribution < -0.4 is 10.7 Å². The molecule has 1 atom stereocenters. The summed E-state index contributed by atoms with van der Waals surface area (Å²) >= 11 is 6.51. The number of hydrogen-bond acceptors (Lipinski definition) is 4. The van der Waals surface area contributed by atoms with E-state index in [1.165, 1.54) is 6.21 Å². The second-order valence-corrected chi connectivity index (χ2v) is 7.70. The smallest absolute Gasteiger partial charge is 0.262 e. The van der Waals surface area contributed by atoms with Gasteiger partial charge < -0.3 is 10.4 Å². The number of rotatable bonds is 5. The van der Waals surface area contributed by atoms with Gasteiger partial charge >= 0.3 is 0 Å². The summed E-state index contributed by atoms with van der Waals surface area (Å²) in [5.74, 6) is -0.138.